The summed E-state index contributed by atoms with van der Waals surface area (Å²) in [5.74, 6) is -2.58. The second-order valence-electron chi connectivity index (χ2n) is 2.87. The van der Waals surface area contributed by atoms with Gasteiger partial charge < -0.3 is 14.8 Å². The lowest BCUT2D eigenvalue weighted by molar-refractivity contribution is -0.147. The average molecular weight is 205 g/mol. The van der Waals surface area contributed by atoms with E-state index in [9.17, 15) is 9.59 Å². The van der Waals surface area contributed by atoms with Gasteiger partial charge in [-0.05, 0) is 6.07 Å². The number of pyridine rings is 1. The highest BCUT2D eigenvalue weighted by molar-refractivity contribution is 6.36. The summed E-state index contributed by atoms with van der Waals surface area (Å²) in [6, 6.07) is 3.18. The third kappa shape index (κ3) is 1.78. The molecule has 2 aromatic rings. The average Bonchev–Trinajstić information content (AvgIpc) is 2.64. The number of anilines is 1. The number of carboxylic acid groups (broad SMARTS) is 1. The predicted molar refractivity (Wildman–Crippen MR) is 51.5 cm³/mol. The van der Waals surface area contributed by atoms with Crippen LogP contribution >= 0.6 is 0 Å². The molecule has 76 valence electrons. The van der Waals surface area contributed by atoms with Crippen LogP contribution in [0.5, 0.6) is 0 Å². The van der Waals surface area contributed by atoms with E-state index >= 15 is 0 Å². The SMILES string of the molecule is O=C(O)C(=O)Nc1ccn2ccnc2c1. The summed E-state index contributed by atoms with van der Waals surface area (Å²) >= 11 is 0. The van der Waals surface area contributed by atoms with Crippen molar-refractivity contribution in [2.24, 2.45) is 0 Å². The lowest BCUT2D eigenvalue weighted by Crippen LogP contribution is -2.21. The molecule has 1 amide bonds. The summed E-state index contributed by atoms with van der Waals surface area (Å²) < 4.78 is 1.75. The quantitative estimate of drug-likeness (QED) is 0.658. The van der Waals surface area contributed by atoms with Crippen LogP contribution in [0.1, 0.15) is 0 Å². The number of nitrogens with zero attached hydrogens (tertiary/aromatic N) is 2. The van der Waals surface area contributed by atoms with E-state index in [0.717, 1.165) is 0 Å². The Bertz CT molecular complexity index is 532. The van der Waals surface area contributed by atoms with Gasteiger partial charge in [-0.1, -0.05) is 0 Å². The predicted octanol–water partition coefficient (Wildman–Crippen LogP) is 0.357. The normalized spacial score (nSPS) is 10.1. The summed E-state index contributed by atoms with van der Waals surface area (Å²) in [6.45, 7) is 0. The third-order valence-corrected chi connectivity index (χ3v) is 1.85. The van der Waals surface area contributed by atoms with Gasteiger partial charge in [-0.15, -0.1) is 0 Å². The molecule has 0 fully saturated rings. The van der Waals surface area contributed by atoms with Crippen LogP contribution < -0.4 is 5.32 Å². The largest absolute Gasteiger partial charge is 0.474 e. The Labute approximate surface area is 84.2 Å². The first-order chi connectivity index (χ1) is 7.16. The van der Waals surface area contributed by atoms with Crippen LogP contribution in [-0.2, 0) is 9.59 Å². The molecule has 0 atom stereocenters. The fourth-order valence-corrected chi connectivity index (χ4v) is 1.17. The van der Waals surface area contributed by atoms with Gasteiger partial charge in [0.15, 0.2) is 0 Å². The molecule has 0 saturated heterocycles. The van der Waals surface area contributed by atoms with Crippen molar-refractivity contribution in [1.29, 1.82) is 0 Å². The van der Waals surface area contributed by atoms with Gasteiger partial charge in [0.1, 0.15) is 5.65 Å². The van der Waals surface area contributed by atoms with Gasteiger partial charge in [0.05, 0.1) is 0 Å². The molecule has 6 heteroatoms. The van der Waals surface area contributed by atoms with Gasteiger partial charge >= 0.3 is 11.9 Å². The minimum atomic E-state index is -1.52. The van der Waals surface area contributed by atoms with Crippen molar-refractivity contribution in [3.63, 3.8) is 0 Å². The van der Waals surface area contributed by atoms with E-state index < -0.39 is 11.9 Å². The van der Waals surface area contributed by atoms with E-state index in [0.29, 0.717) is 11.3 Å². The summed E-state index contributed by atoms with van der Waals surface area (Å²) in [4.78, 5) is 25.1. The summed E-state index contributed by atoms with van der Waals surface area (Å²) in [5, 5.41) is 10.6. The number of carboxylic acids is 1. The Morgan fingerprint density at radius 3 is 2.93 bits per heavy atom. The molecule has 15 heavy (non-hydrogen) atoms. The molecule has 0 aliphatic rings. The van der Waals surface area contributed by atoms with E-state index in [4.69, 9.17) is 5.11 Å². The number of carbonyl (C=O) groups excluding carboxylic acids is 1. The van der Waals surface area contributed by atoms with Crippen LogP contribution in [0, 0.1) is 0 Å². The number of carbonyl (C=O) groups is 2. The summed E-state index contributed by atoms with van der Waals surface area (Å²) in [5.41, 5.74) is 1.04. The molecular formula is C9H7N3O3. The van der Waals surface area contributed by atoms with Crippen LogP contribution in [0.15, 0.2) is 30.7 Å². The second-order valence-corrected chi connectivity index (χ2v) is 2.87. The smallest absolute Gasteiger partial charge is 0.394 e. The number of aromatic nitrogens is 2. The first-order valence-corrected chi connectivity index (χ1v) is 4.14. The van der Waals surface area contributed by atoms with E-state index in [2.05, 4.69) is 10.3 Å². The number of hydrogen-bond acceptors (Lipinski definition) is 3. The zero-order chi connectivity index (χ0) is 10.8. The van der Waals surface area contributed by atoms with Crippen molar-refractivity contribution in [3.05, 3.63) is 30.7 Å². The van der Waals surface area contributed by atoms with Crippen LogP contribution in [0.25, 0.3) is 5.65 Å². The van der Waals surface area contributed by atoms with E-state index in [1.165, 1.54) is 0 Å². The molecule has 0 unspecified atom stereocenters. The second kappa shape index (κ2) is 3.41. The van der Waals surface area contributed by atoms with Crippen LogP contribution in [0.4, 0.5) is 5.69 Å². The first kappa shape index (κ1) is 9.20. The fourth-order valence-electron chi connectivity index (χ4n) is 1.17. The fraction of sp³-hybridized carbons (Fsp3) is 0. The van der Waals surface area contributed by atoms with Crippen LogP contribution in [-0.4, -0.2) is 26.4 Å². The van der Waals surface area contributed by atoms with Crippen LogP contribution in [0.2, 0.25) is 0 Å². The number of aliphatic carboxylic acids is 1. The first-order valence-electron chi connectivity index (χ1n) is 4.14. The van der Waals surface area contributed by atoms with Crippen molar-refractivity contribution < 1.29 is 14.7 Å². The molecule has 6 nitrogen and oxygen atoms in total. The Kier molecular flexibility index (Phi) is 2.09. The summed E-state index contributed by atoms with van der Waals surface area (Å²) in [6.07, 6.45) is 5.04. The lowest BCUT2D eigenvalue weighted by Gasteiger charge is -2.01. The van der Waals surface area contributed by atoms with Crippen molar-refractivity contribution in [2.75, 3.05) is 5.32 Å². The Hall–Kier alpha value is -2.37. The molecule has 0 bridgehead atoms. The van der Waals surface area contributed by atoms with Gasteiger partial charge in [0, 0.05) is 30.3 Å². The van der Waals surface area contributed by atoms with E-state index in [1.807, 2.05) is 0 Å². The zero-order valence-electron chi connectivity index (χ0n) is 7.54. The molecular weight excluding hydrogens is 198 g/mol. The van der Waals surface area contributed by atoms with E-state index in [-0.39, 0.29) is 0 Å². The standard InChI is InChI=1S/C9H7N3O3/c13-8(9(14)15)11-6-1-3-12-4-2-10-7(12)5-6/h1-5H,(H,11,13)(H,14,15). The molecule has 0 aliphatic carbocycles. The Balaban J connectivity index is 2.28. The van der Waals surface area contributed by atoms with Gasteiger partial charge in [-0.3, -0.25) is 4.79 Å². The topological polar surface area (TPSA) is 83.7 Å². The number of imidazole rings is 1. The lowest BCUT2D eigenvalue weighted by atomic mass is 10.4. The van der Waals surface area contributed by atoms with Crippen LogP contribution in [0.3, 0.4) is 0 Å². The number of rotatable bonds is 1. The molecule has 2 N–H and O–H groups in total. The van der Waals surface area contributed by atoms with Crippen molar-refractivity contribution >= 4 is 23.2 Å². The summed E-state index contributed by atoms with van der Waals surface area (Å²) in [7, 11) is 0. The zero-order valence-corrected chi connectivity index (χ0v) is 7.54. The maximum Gasteiger partial charge on any atom is 0.394 e. The van der Waals surface area contributed by atoms with Gasteiger partial charge in [-0.25, -0.2) is 9.78 Å². The minimum Gasteiger partial charge on any atom is -0.474 e. The van der Waals surface area contributed by atoms with E-state index in [1.54, 1.807) is 35.1 Å². The number of nitrogens with one attached hydrogen (secondary N) is 1. The van der Waals surface area contributed by atoms with Gasteiger partial charge in [0.2, 0.25) is 0 Å². The Morgan fingerprint density at radius 1 is 1.40 bits per heavy atom. The highest BCUT2D eigenvalue weighted by atomic mass is 16.4. The molecule has 0 radical (unpaired) electrons. The number of amides is 1. The maximum absolute atomic E-state index is 10.8. The minimum absolute atomic E-state index is 0.404. The highest BCUT2D eigenvalue weighted by Gasteiger charge is 2.10. The van der Waals surface area contributed by atoms with Crippen molar-refractivity contribution in [2.45, 2.75) is 0 Å². The highest BCUT2D eigenvalue weighted by Crippen LogP contribution is 2.10. The molecule has 0 aromatic carbocycles. The van der Waals surface area contributed by atoms with Crippen molar-refractivity contribution in [3.8, 4) is 0 Å². The molecule has 2 aromatic heterocycles. The van der Waals surface area contributed by atoms with Crippen molar-refractivity contribution in [1.82, 2.24) is 9.38 Å². The monoisotopic (exact) mass is 205 g/mol. The number of hydrogen-bond donors (Lipinski definition) is 2. The Morgan fingerprint density at radius 2 is 2.20 bits per heavy atom. The van der Waals surface area contributed by atoms with Gasteiger partial charge in [0.25, 0.3) is 0 Å². The molecule has 2 heterocycles. The molecule has 0 saturated carbocycles. The molecule has 2 rings (SSSR count). The molecule has 0 aliphatic heterocycles. The third-order valence-electron chi connectivity index (χ3n) is 1.85. The van der Waals surface area contributed by atoms with Gasteiger partial charge in [-0.2, -0.15) is 0 Å². The maximum atomic E-state index is 10.8. The molecule has 0 spiro atoms. The number of fused-ring (bicyclic) bond motifs is 1.